The minimum Gasteiger partial charge on any atom is -0.207 e. The zero-order valence-electron chi connectivity index (χ0n) is 7.64. The third kappa shape index (κ3) is 1.96. The van der Waals surface area contributed by atoms with Crippen molar-refractivity contribution in [2.75, 3.05) is 0 Å². The number of alkyl halides is 1. The van der Waals surface area contributed by atoms with Gasteiger partial charge in [0.25, 0.3) is 0 Å². The summed E-state index contributed by atoms with van der Waals surface area (Å²) in [6, 6.07) is 4.97. The van der Waals surface area contributed by atoms with Crippen LogP contribution in [0.2, 0.25) is 5.02 Å². The van der Waals surface area contributed by atoms with E-state index in [-0.39, 0.29) is 5.82 Å². The molecule has 1 aromatic carbocycles. The summed E-state index contributed by atoms with van der Waals surface area (Å²) < 4.78 is 13.6. The van der Waals surface area contributed by atoms with Gasteiger partial charge in [0.2, 0.25) is 0 Å². The molecule has 76 valence electrons. The minimum atomic E-state index is -0.172. The number of rotatable bonds is 1. The van der Waals surface area contributed by atoms with Crippen molar-refractivity contribution in [2.24, 2.45) is 0 Å². The van der Waals surface area contributed by atoms with Gasteiger partial charge in [-0.05, 0) is 36.5 Å². The topological polar surface area (TPSA) is 0 Å². The highest BCUT2D eigenvalue weighted by Gasteiger charge is 2.28. The monoisotopic (exact) mass is 276 g/mol. The van der Waals surface area contributed by atoms with E-state index in [1.165, 1.54) is 12.5 Å². The number of hydrogen-bond acceptors (Lipinski definition) is 0. The second-order valence-corrected chi connectivity index (χ2v) is 5.33. The summed E-state index contributed by atoms with van der Waals surface area (Å²) in [6.07, 6.45) is 3.36. The lowest BCUT2D eigenvalue weighted by molar-refractivity contribution is 0.584. The van der Waals surface area contributed by atoms with Crippen LogP contribution in [0.4, 0.5) is 4.39 Å². The molecule has 2 rings (SSSR count). The van der Waals surface area contributed by atoms with Crippen molar-refractivity contribution in [2.45, 2.75) is 30.0 Å². The van der Waals surface area contributed by atoms with Crippen LogP contribution < -0.4 is 0 Å². The summed E-state index contributed by atoms with van der Waals surface area (Å²) in [7, 11) is 0. The smallest absolute Gasteiger partial charge is 0.128 e. The third-order valence-corrected chi connectivity index (χ3v) is 4.12. The van der Waals surface area contributed by atoms with Crippen LogP contribution in [0.1, 0.15) is 30.7 Å². The lowest BCUT2D eigenvalue weighted by Crippen LogP contribution is -2.06. The van der Waals surface area contributed by atoms with Crippen LogP contribution in [-0.2, 0) is 0 Å². The lowest BCUT2D eigenvalue weighted by atomic mass is 9.97. The first kappa shape index (κ1) is 10.4. The highest BCUT2D eigenvalue weighted by Crippen LogP contribution is 2.40. The Hall–Kier alpha value is -0.0800. The molecule has 14 heavy (non-hydrogen) atoms. The van der Waals surface area contributed by atoms with Crippen LogP contribution >= 0.6 is 27.5 Å². The predicted octanol–water partition coefficient (Wildman–Crippen LogP) is 4.51. The largest absolute Gasteiger partial charge is 0.207 e. The molecule has 1 fully saturated rings. The summed E-state index contributed by atoms with van der Waals surface area (Å²) in [5, 5.41) is 0.468. The number of benzene rings is 1. The zero-order chi connectivity index (χ0) is 10.1. The molecule has 1 aromatic rings. The van der Waals surface area contributed by atoms with Gasteiger partial charge in [-0.1, -0.05) is 40.0 Å². The van der Waals surface area contributed by atoms with E-state index in [9.17, 15) is 4.39 Å². The van der Waals surface area contributed by atoms with E-state index in [0.717, 1.165) is 18.4 Å². The molecule has 3 heteroatoms. The minimum absolute atomic E-state index is 0.172. The van der Waals surface area contributed by atoms with Crippen LogP contribution in [-0.4, -0.2) is 4.83 Å². The quantitative estimate of drug-likeness (QED) is 0.663. The Morgan fingerprint density at radius 1 is 1.36 bits per heavy atom. The molecule has 0 amide bonds. The molecule has 0 radical (unpaired) electrons. The van der Waals surface area contributed by atoms with Gasteiger partial charge in [0.1, 0.15) is 5.82 Å². The van der Waals surface area contributed by atoms with Crippen LogP contribution in [0.5, 0.6) is 0 Å². The molecule has 1 saturated carbocycles. The van der Waals surface area contributed by atoms with E-state index < -0.39 is 0 Å². The van der Waals surface area contributed by atoms with Gasteiger partial charge < -0.3 is 0 Å². The summed E-state index contributed by atoms with van der Waals surface area (Å²) in [5.41, 5.74) is 0.800. The molecule has 1 aliphatic carbocycles. The van der Waals surface area contributed by atoms with E-state index in [2.05, 4.69) is 15.9 Å². The Bertz CT molecular complexity index is 340. The Morgan fingerprint density at radius 3 is 2.71 bits per heavy atom. The van der Waals surface area contributed by atoms with Crippen molar-refractivity contribution in [1.82, 2.24) is 0 Å². The molecule has 0 saturated heterocycles. The SMILES string of the molecule is Fc1cc(Cl)ccc1C1CCCC1Br. The van der Waals surface area contributed by atoms with E-state index in [0.29, 0.717) is 15.8 Å². The first-order valence-electron chi connectivity index (χ1n) is 4.77. The average Bonchev–Trinajstić information content (AvgIpc) is 2.52. The van der Waals surface area contributed by atoms with Gasteiger partial charge in [0.05, 0.1) is 0 Å². The highest BCUT2D eigenvalue weighted by atomic mass is 79.9. The molecule has 2 unspecified atom stereocenters. The molecular weight excluding hydrogens is 266 g/mol. The van der Waals surface area contributed by atoms with E-state index in [1.54, 1.807) is 6.07 Å². The van der Waals surface area contributed by atoms with E-state index in [1.807, 2.05) is 6.07 Å². The number of halogens is 3. The molecular formula is C11H11BrClF. The van der Waals surface area contributed by atoms with Crippen LogP contribution in [0.15, 0.2) is 18.2 Å². The van der Waals surface area contributed by atoms with Crippen molar-refractivity contribution in [1.29, 1.82) is 0 Å². The zero-order valence-corrected chi connectivity index (χ0v) is 9.98. The summed E-state index contributed by atoms with van der Waals surface area (Å²) >= 11 is 9.30. The van der Waals surface area contributed by atoms with Gasteiger partial charge in [-0.3, -0.25) is 0 Å². The summed E-state index contributed by atoms with van der Waals surface area (Å²) in [6.45, 7) is 0. The maximum Gasteiger partial charge on any atom is 0.128 e. The Kier molecular flexibility index (Phi) is 3.13. The third-order valence-electron chi connectivity index (χ3n) is 2.79. The maximum absolute atomic E-state index is 13.6. The van der Waals surface area contributed by atoms with E-state index in [4.69, 9.17) is 11.6 Å². The van der Waals surface area contributed by atoms with Crippen molar-refractivity contribution in [3.63, 3.8) is 0 Å². The van der Waals surface area contributed by atoms with Gasteiger partial charge in [-0.15, -0.1) is 0 Å². The van der Waals surface area contributed by atoms with Crippen molar-refractivity contribution < 1.29 is 4.39 Å². The first-order chi connectivity index (χ1) is 6.68. The fourth-order valence-corrected chi connectivity index (χ4v) is 3.10. The lowest BCUT2D eigenvalue weighted by Gasteiger charge is -2.15. The fraction of sp³-hybridized carbons (Fsp3) is 0.455. The average molecular weight is 278 g/mol. The first-order valence-corrected chi connectivity index (χ1v) is 6.07. The van der Waals surface area contributed by atoms with Gasteiger partial charge in [-0.25, -0.2) is 4.39 Å². The highest BCUT2D eigenvalue weighted by molar-refractivity contribution is 9.09. The molecule has 0 aromatic heterocycles. The molecule has 0 bridgehead atoms. The van der Waals surface area contributed by atoms with Crippen LogP contribution in [0.25, 0.3) is 0 Å². The molecule has 0 N–H and O–H groups in total. The molecule has 0 aliphatic heterocycles. The fourth-order valence-electron chi connectivity index (χ4n) is 2.07. The Morgan fingerprint density at radius 2 is 2.14 bits per heavy atom. The van der Waals surface area contributed by atoms with E-state index >= 15 is 0 Å². The predicted molar refractivity (Wildman–Crippen MR) is 60.7 cm³/mol. The molecule has 0 heterocycles. The van der Waals surface area contributed by atoms with Crippen LogP contribution in [0, 0.1) is 5.82 Å². The normalized spacial score (nSPS) is 26.8. The van der Waals surface area contributed by atoms with Crippen molar-refractivity contribution >= 4 is 27.5 Å². The Labute approximate surface area is 96.6 Å². The van der Waals surface area contributed by atoms with Gasteiger partial charge in [-0.2, -0.15) is 0 Å². The molecule has 1 aliphatic rings. The standard InChI is InChI=1S/C11H11BrClF/c12-10-3-1-2-8(10)9-5-4-7(13)6-11(9)14/h4-6,8,10H,1-3H2. The van der Waals surface area contributed by atoms with Gasteiger partial charge in [0.15, 0.2) is 0 Å². The molecule has 2 atom stereocenters. The summed E-state index contributed by atoms with van der Waals surface area (Å²) in [5.74, 6) is 0.140. The van der Waals surface area contributed by atoms with Crippen LogP contribution in [0.3, 0.4) is 0 Å². The second kappa shape index (κ2) is 4.19. The number of hydrogen-bond donors (Lipinski definition) is 0. The van der Waals surface area contributed by atoms with Gasteiger partial charge in [0, 0.05) is 9.85 Å². The molecule has 0 nitrogen and oxygen atoms in total. The Balaban J connectivity index is 2.31. The molecule has 0 spiro atoms. The summed E-state index contributed by atoms with van der Waals surface area (Å²) in [4.78, 5) is 0.415. The van der Waals surface area contributed by atoms with Gasteiger partial charge >= 0.3 is 0 Å². The van der Waals surface area contributed by atoms with Crippen molar-refractivity contribution in [3.8, 4) is 0 Å². The second-order valence-electron chi connectivity index (χ2n) is 3.72. The van der Waals surface area contributed by atoms with Crippen molar-refractivity contribution in [3.05, 3.63) is 34.6 Å². The maximum atomic E-state index is 13.6.